The molecule has 0 atom stereocenters. The fourth-order valence-electron chi connectivity index (χ4n) is 2.88. The van der Waals surface area contributed by atoms with Crippen LogP contribution in [0.5, 0.6) is 17.2 Å². The van der Waals surface area contributed by atoms with Crippen LogP contribution in [-0.2, 0) is 6.54 Å². The molecule has 0 aliphatic heterocycles. The molecule has 0 saturated carbocycles. The number of halogens is 2. The van der Waals surface area contributed by atoms with E-state index >= 15 is 0 Å². The first kappa shape index (κ1) is 23.1. The lowest BCUT2D eigenvalue weighted by atomic mass is 10.2. The van der Waals surface area contributed by atoms with Gasteiger partial charge in [0, 0.05) is 5.56 Å². The van der Waals surface area contributed by atoms with Crippen molar-refractivity contribution in [2.75, 3.05) is 13.2 Å². The second-order valence-corrected chi connectivity index (χ2v) is 6.64. The summed E-state index contributed by atoms with van der Waals surface area (Å²) < 4.78 is 46.3. The van der Waals surface area contributed by atoms with Gasteiger partial charge >= 0.3 is 6.61 Å². The monoisotopic (exact) mass is 446 g/mol. The van der Waals surface area contributed by atoms with Crippen molar-refractivity contribution in [3.8, 4) is 28.7 Å². The van der Waals surface area contributed by atoms with Gasteiger partial charge in [-0.3, -0.25) is 4.79 Å². The van der Waals surface area contributed by atoms with Gasteiger partial charge in [-0.1, -0.05) is 19.1 Å². The highest BCUT2D eigenvalue weighted by molar-refractivity contribution is 5.96. The van der Waals surface area contributed by atoms with Gasteiger partial charge in [-0.05, 0) is 43.7 Å². The molecule has 1 N–H and O–H groups in total. The Balaban J connectivity index is 1.71. The minimum Gasteiger partial charge on any atom is -0.493 e. The number of nitrogens with zero attached hydrogens (tertiary/aromatic N) is 1. The number of para-hydroxylation sites is 1. The van der Waals surface area contributed by atoms with Crippen LogP contribution in [0.4, 0.5) is 8.78 Å². The quantitative estimate of drug-likeness (QED) is 0.443. The van der Waals surface area contributed by atoms with Crippen molar-refractivity contribution < 1.29 is 32.2 Å². The molecular weight excluding hydrogens is 422 g/mol. The molecule has 2 aromatic carbocycles. The molecule has 1 heterocycles. The van der Waals surface area contributed by atoms with Crippen molar-refractivity contribution >= 4 is 5.91 Å². The molecule has 32 heavy (non-hydrogen) atoms. The number of aromatic nitrogens is 1. The SMILES string of the molecule is CCCOc1cc(-c2nc(CNC(=O)c3ccccc3OCC)co2)ccc1OC(F)F. The Morgan fingerprint density at radius 3 is 2.66 bits per heavy atom. The number of benzene rings is 2. The van der Waals surface area contributed by atoms with E-state index in [4.69, 9.17) is 13.9 Å². The lowest BCUT2D eigenvalue weighted by molar-refractivity contribution is -0.0514. The predicted octanol–water partition coefficient (Wildman–Crippen LogP) is 5.06. The Morgan fingerprint density at radius 2 is 1.91 bits per heavy atom. The van der Waals surface area contributed by atoms with E-state index < -0.39 is 6.61 Å². The molecule has 0 aliphatic rings. The van der Waals surface area contributed by atoms with E-state index in [1.807, 2.05) is 13.8 Å². The van der Waals surface area contributed by atoms with Crippen LogP contribution in [0.25, 0.3) is 11.5 Å². The molecule has 0 aliphatic carbocycles. The second kappa shape index (κ2) is 11.1. The smallest absolute Gasteiger partial charge is 0.387 e. The maximum Gasteiger partial charge on any atom is 0.387 e. The first-order valence-corrected chi connectivity index (χ1v) is 10.2. The summed E-state index contributed by atoms with van der Waals surface area (Å²) in [5.74, 6) is 0.560. The summed E-state index contributed by atoms with van der Waals surface area (Å²) in [6.07, 6.45) is 2.12. The second-order valence-electron chi connectivity index (χ2n) is 6.64. The van der Waals surface area contributed by atoms with E-state index in [9.17, 15) is 13.6 Å². The number of rotatable bonds is 11. The summed E-state index contributed by atoms with van der Waals surface area (Å²) >= 11 is 0. The molecule has 7 nitrogen and oxygen atoms in total. The van der Waals surface area contributed by atoms with Crippen molar-refractivity contribution in [1.82, 2.24) is 10.3 Å². The number of hydrogen-bond donors (Lipinski definition) is 1. The van der Waals surface area contributed by atoms with Crippen molar-refractivity contribution in [3.63, 3.8) is 0 Å². The average Bonchev–Trinajstić information content (AvgIpc) is 3.26. The Labute approximate surface area is 184 Å². The zero-order chi connectivity index (χ0) is 22.9. The normalized spacial score (nSPS) is 10.8. The van der Waals surface area contributed by atoms with Crippen LogP contribution in [0.15, 0.2) is 53.1 Å². The van der Waals surface area contributed by atoms with Crippen molar-refractivity contribution in [3.05, 3.63) is 60.0 Å². The van der Waals surface area contributed by atoms with Gasteiger partial charge in [0.15, 0.2) is 11.5 Å². The summed E-state index contributed by atoms with van der Waals surface area (Å²) in [6.45, 7) is 1.70. The third-order valence-electron chi connectivity index (χ3n) is 4.28. The van der Waals surface area contributed by atoms with E-state index in [2.05, 4.69) is 15.0 Å². The number of nitrogens with one attached hydrogen (secondary N) is 1. The molecule has 1 amide bonds. The molecule has 3 rings (SSSR count). The standard InChI is InChI=1S/C23H24F2N2O5/c1-3-11-30-20-12-15(9-10-19(20)32-23(24)25)22-27-16(14-31-22)13-26-21(28)17-7-5-6-8-18(17)29-4-2/h5-10,12,14,23H,3-4,11,13H2,1-2H3,(H,26,28). The Bertz CT molecular complexity index is 1040. The van der Waals surface area contributed by atoms with Crippen LogP contribution < -0.4 is 19.5 Å². The minimum atomic E-state index is -2.96. The van der Waals surface area contributed by atoms with Crippen molar-refractivity contribution in [2.45, 2.75) is 33.4 Å². The number of ether oxygens (including phenoxy) is 3. The number of alkyl halides is 2. The molecule has 1 aromatic heterocycles. The maximum absolute atomic E-state index is 12.6. The molecular formula is C23H24F2N2O5. The van der Waals surface area contributed by atoms with Gasteiger partial charge < -0.3 is 23.9 Å². The number of carbonyl (C=O) groups excluding carboxylic acids is 1. The third-order valence-corrected chi connectivity index (χ3v) is 4.28. The van der Waals surface area contributed by atoms with Crippen LogP contribution in [0, 0.1) is 0 Å². The molecule has 0 radical (unpaired) electrons. The van der Waals surface area contributed by atoms with Gasteiger partial charge in [-0.2, -0.15) is 8.78 Å². The largest absolute Gasteiger partial charge is 0.493 e. The van der Waals surface area contributed by atoms with Gasteiger partial charge in [0.25, 0.3) is 5.91 Å². The highest BCUT2D eigenvalue weighted by atomic mass is 19.3. The van der Waals surface area contributed by atoms with E-state index in [0.29, 0.717) is 42.2 Å². The molecule has 0 saturated heterocycles. The summed E-state index contributed by atoms with van der Waals surface area (Å²) in [4.78, 5) is 16.9. The average molecular weight is 446 g/mol. The van der Waals surface area contributed by atoms with Gasteiger partial charge in [-0.15, -0.1) is 0 Å². The van der Waals surface area contributed by atoms with Crippen LogP contribution in [0.1, 0.15) is 36.3 Å². The van der Waals surface area contributed by atoms with E-state index in [-0.39, 0.29) is 29.8 Å². The minimum absolute atomic E-state index is 0.0655. The zero-order valence-electron chi connectivity index (χ0n) is 17.8. The Kier molecular flexibility index (Phi) is 8.02. The maximum atomic E-state index is 12.6. The fraction of sp³-hybridized carbons (Fsp3) is 0.304. The van der Waals surface area contributed by atoms with Gasteiger partial charge in [0.1, 0.15) is 12.0 Å². The van der Waals surface area contributed by atoms with E-state index in [1.54, 1.807) is 30.3 Å². The number of oxazole rings is 1. The highest BCUT2D eigenvalue weighted by Gasteiger charge is 2.16. The topological polar surface area (TPSA) is 82.8 Å². The highest BCUT2D eigenvalue weighted by Crippen LogP contribution is 2.33. The van der Waals surface area contributed by atoms with Crippen LogP contribution in [0.2, 0.25) is 0 Å². The first-order chi connectivity index (χ1) is 15.5. The van der Waals surface area contributed by atoms with Crippen molar-refractivity contribution in [2.24, 2.45) is 0 Å². The van der Waals surface area contributed by atoms with E-state index in [1.165, 1.54) is 18.4 Å². The molecule has 0 fully saturated rings. The Morgan fingerprint density at radius 1 is 1.09 bits per heavy atom. The number of carbonyl (C=O) groups is 1. The van der Waals surface area contributed by atoms with Crippen LogP contribution >= 0.6 is 0 Å². The summed E-state index contributed by atoms with van der Waals surface area (Å²) in [5, 5.41) is 2.78. The van der Waals surface area contributed by atoms with Crippen molar-refractivity contribution in [1.29, 1.82) is 0 Å². The Hall–Kier alpha value is -3.62. The predicted molar refractivity (Wildman–Crippen MR) is 113 cm³/mol. The van der Waals surface area contributed by atoms with Crippen LogP contribution in [-0.4, -0.2) is 30.7 Å². The van der Waals surface area contributed by atoms with Crippen LogP contribution in [0.3, 0.4) is 0 Å². The van der Waals surface area contributed by atoms with Gasteiger partial charge in [-0.25, -0.2) is 4.98 Å². The molecule has 0 bridgehead atoms. The molecule has 9 heteroatoms. The fourth-order valence-corrected chi connectivity index (χ4v) is 2.88. The third kappa shape index (κ3) is 5.96. The van der Waals surface area contributed by atoms with E-state index in [0.717, 1.165) is 0 Å². The lowest BCUT2D eigenvalue weighted by Crippen LogP contribution is -2.23. The molecule has 3 aromatic rings. The molecule has 0 spiro atoms. The summed E-state index contributed by atoms with van der Waals surface area (Å²) in [7, 11) is 0. The van der Waals surface area contributed by atoms with Gasteiger partial charge in [0.05, 0.1) is 31.0 Å². The molecule has 170 valence electrons. The number of amides is 1. The first-order valence-electron chi connectivity index (χ1n) is 10.2. The van der Waals surface area contributed by atoms with Gasteiger partial charge in [0.2, 0.25) is 5.89 Å². The number of hydrogen-bond acceptors (Lipinski definition) is 6. The summed E-state index contributed by atoms with van der Waals surface area (Å²) in [6, 6.07) is 11.4. The summed E-state index contributed by atoms with van der Waals surface area (Å²) in [5.41, 5.74) is 1.44. The zero-order valence-corrected chi connectivity index (χ0v) is 17.8. The molecule has 0 unspecified atom stereocenters. The lowest BCUT2D eigenvalue weighted by Gasteiger charge is -2.12.